The average Bonchev–Trinajstić information content (AvgIpc) is 3.03. The van der Waals surface area contributed by atoms with Gasteiger partial charge < -0.3 is 20.4 Å². The highest BCUT2D eigenvalue weighted by atomic mass is 16.3. The van der Waals surface area contributed by atoms with Crippen molar-refractivity contribution in [2.45, 2.75) is 98.3 Å². The van der Waals surface area contributed by atoms with Gasteiger partial charge in [-0.1, -0.05) is 62.4 Å². The molecule has 4 aromatic rings. The van der Waals surface area contributed by atoms with Crippen molar-refractivity contribution in [3.63, 3.8) is 0 Å². The Bertz CT molecular complexity index is 1570. The summed E-state index contributed by atoms with van der Waals surface area (Å²) in [7, 11) is 0. The minimum absolute atomic E-state index is 0.0971. The molecule has 1 saturated carbocycles. The standard InChI is InChI=1S/C42H52O4/c1-27-23-31(9-15-37(27)43)7-11-33(12-8-32-10-16-38(44)28(2)24-32)41(5,6)34-19-21-42(22-20-34,35-13-17-39(45)29(3)25-35)36-14-18-40(46)30(4)26-36/h9-10,13-18,23-26,33-34,43-46H,7-8,11-12,19-22H2,1-6H3. The zero-order valence-electron chi connectivity index (χ0n) is 28.5. The maximum atomic E-state index is 10.4. The molecule has 244 valence electrons. The van der Waals surface area contributed by atoms with Gasteiger partial charge in [-0.3, -0.25) is 0 Å². The zero-order valence-corrected chi connectivity index (χ0v) is 28.5. The van der Waals surface area contributed by atoms with Crippen molar-refractivity contribution in [1.29, 1.82) is 0 Å². The minimum Gasteiger partial charge on any atom is -0.508 e. The van der Waals surface area contributed by atoms with Crippen LogP contribution in [-0.2, 0) is 18.3 Å². The molecule has 5 rings (SSSR count). The molecule has 46 heavy (non-hydrogen) atoms. The molecule has 4 aromatic carbocycles. The number of benzene rings is 4. The number of rotatable bonds is 10. The molecule has 0 unspecified atom stereocenters. The molecule has 1 aliphatic carbocycles. The van der Waals surface area contributed by atoms with Crippen molar-refractivity contribution in [1.82, 2.24) is 0 Å². The molecule has 1 fully saturated rings. The predicted octanol–water partition coefficient (Wildman–Crippen LogP) is 10.1. The van der Waals surface area contributed by atoms with Crippen molar-refractivity contribution in [2.24, 2.45) is 17.3 Å². The Hall–Kier alpha value is -3.92. The lowest BCUT2D eigenvalue weighted by Crippen LogP contribution is -2.40. The number of hydrogen-bond acceptors (Lipinski definition) is 4. The van der Waals surface area contributed by atoms with Gasteiger partial charge in [0.05, 0.1) is 0 Å². The molecule has 4 heteroatoms. The minimum atomic E-state index is -0.174. The molecule has 0 radical (unpaired) electrons. The molecule has 0 heterocycles. The van der Waals surface area contributed by atoms with Gasteiger partial charge in [-0.15, -0.1) is 0 Å². The predicted molar refractivity (Wildman–Crippen MR) is 188 cm³/mol. The Morgan fingerprint density at radius 1 is 0.587 bits per heavy atom. The summed E-state index contributed by atoms with van der Waals surface area (Å²) in [6.45, 7) is 12.8. The third kappa shape index (κ3) is 6.92. The van der Waals surface area contributed by atoms with Crippen molar-refractivity contribution >= 4 is 0 Å². The van der Waals surface area contributed by atoms with E-state index in [0.29, 0.717) is 34.8 Å². The lowest BCUT2D eigenvalue weighted by molar-refractivity contribution is 0.0576. The van der Waals surface area contributed by atoms with Gasteiger partial charge in [0, 0.05) is 5.41 Å². The normalized spacial score (nSPS) is 15.4. The summed E-state index contributed by atoms with van der Waals surface area (Å²) >= 11 is 0. The van der Waals surface area contributed by atoms with Gasteiger partial charge >= 0.3 is 0 Å². The highest BCUT2D eigenvalue weighted by Crippen LogP contribution is 2.54. The molecule has 4 nitrogen and oxygen atoms in total. The second kappa shape index (κ2) is 13.4. The van der Waals surface area contributed by atoms with Crippen LogP contribution in [0.4, 0.5) is 0 Å². The van der Waals surface area contributed by atoms with Crippen molar-refractivity contribution in [2.75, 3.05) is 0 Å². The number of phenols is 4. The highest BCUT2D eigenvalue weighted by Gasteiger charge is 2.45. The lowest BCUT2D eigenvalue weighted by atomic mass is 9.56. The Kier molecular flexibility index (Phi) is 9.77. The molecule has 0 atom stereocenters. The van der Waals surface area contributed by atoms with E-state index in [2.05, 4.69) is 62.4 Å². The second-order valence-corrected chi connectivity index (χ2v) is 14.7. The smallest absolute Gasteiger partial charge is 0.118 e. The first-order valence-electron chi connectivity index (χ1n) is 17.0. The first-order valence-corrected chi connectivity index (χ1v) is 17.0. The fraction of sp³-hybridized carbons (Fsp3) is 0.429. The number of aromatic hydroxyl groups is 4. The second-order valence-electron chi connectivity index (χ2n) is 14.7. The van der Waals surface area contributed by atoms with Crippen LogP contribution in [0.15, 0.2) is 72.8 Å². The van der Waals surface area contributed by atoms with E-state index in [1.807, 2.05) is 52.0 Å². The van der Waals surface area contributed by atoms with E-state index in [9.17, 15) is 20.4 Å². The quantitative estimate of drug-likeness (QED) is 0.142. The topological polar surface area (TPSA) is 80.9 Å². The Balaban J connectivity index is 1.42. The van der Waals surface area contributed by atoms with Crippen molar-refractivity contribution < 1.29 is 20.4 Å². The summed E-state index contributed by atoms with van der Waals surface area (Å²) in [6, 6.07) is 24.2. The Labute approximate surface area is 275 Å². The van der Waals surface area contributed by atoms with Crippen LogP contribution >= 0.6 is 0 Å². The lowest BCUT2D eigenvalue weighted by Gasteiger charge is -2.49. The summed E-state index contributed by atoms with van der Waals surface area (Å²) in [5, 5.41) is 40.9. The SMILES string of the molecule is Cc1cc(CCC(CCc2ccc(O)c(C)c2)C(C)(C)C2CCC(c3ccc(O)c(C)c3)(c3ccc(O)c(C)c3)CC2)ccc1O. The molecule has 0 aliphatic heterocycles. The molecule has 0 spiro atoms. The van der Waals surface area contributed by atoms with Crippen LogP contribution in [0.1, 0.15) is 96.9 Å². The van der Waals surface area contributed by atoms with Crippen LogP contribution in [0.25, 0.3) is 0 Å². The third-order valence-corrected chi connectivity index (χ3v) is 11.5. The maximum Gasteiger partial charge on any atom is 0.118 e. The van der Waals surface area contributed by atoms with Crippen LogP contribution in [0.3, 0.4) is 0 Å². The molecule has 4 N–H and O–H groups in total. The fourth-order valence-corrected chi connectivity index (χ4v) is 8.15. The van der Waals surface area contributed by atoms with E-state index < -0.39 is 0 Å². The zero-order chi connectivity index (χ0) is 33.2. The number of hydrogen-bond donors (Lipinski definition) is 4. The molecule has 0 bridgehead atoms. The van der Waals surface area contributed by atoms with Gasteiger partial charge in [0.25, 0.3) is 0 Å². The van der Waals surface area contributed by atoms with E-state index in [0.717, 1.165) is 73.6 Å². The van der Waals surface area contributed by atoms with Crippen molar-refractivity contribution in [3.05, 3.63) is 117 Å². The maximum absolute atomic E-state index is 10.4. The molecule has 0 amide bonds. The van der Waals surface area contributed by atoms with Gasteiger partial charge in [0.15, 0.2) is 0 Å². The molecular weight excluding hydrogens is 568 g/mol. The van der Waals surface area contributed by atoms with E-state index in [1.54, 1.807) is 0 Å². The van der Waals surface area contributed by atoms with Crippen LogP contribution in [0, 0.1) is 44.9 Å². The van der Waals surface area contributed by atoms with E-state index in [-0.39, 0.29) is 10.8 Å². The first-order chi connectivity index (χ1) is 21.8. The van der Waals surface area contributed by atoms with Crippen LogP contribution in [-0.4, -0.2) is 20.4 Å². The summed E-state index contributed by atoms with van der Waals surface area (Å²) in [5.41, 5.74) is 8.57. The van der Waals surface area contributed by atoms with Crippen LogP contribution in [0.5, 0.6) is 23.0 Å². The van der Waals surface area contributed by atoms with Crippen molar-refractivity contribution in [3.8, 4) is 23.0 Å². The van der Waals surface area contributed by atoms with Crippen LogP contribution < -0.4 is 0 Å². The fourth-order valence-electron chi connectivity index (χ4n) is 8.15. The average molecular weight is 621 g/mol. The Morgan fingerprint density at radius 2 is 0.957 bits per heavy atom. The summed E-state index contributed by atoms with van der Waals surface area (Å²) in [4.78, 5) is 0. The van der Waals surface area contributed by atoms with Crippen LogP contribution in [0.2, 0.25) is 0 Å². The first kappa shape index (κ1) is 33.4. The number of phenolic OH excluding ortho intramolecular Hbond substituents is 4. The van der Waals surface area contributed by atoms with E-state index >= 15 is 0 Å². The van der Waals surface area contributed by atoms with Gasteiger partial charge in [-0.05, 0) is 165 Å². The monoisotopic (exact) mass is 620 g/mol. The third-order valence-electron chi connectivity index (χ3n) is 11.5. The number of aryl methyl sites for hydroxylation is 6. The summed E-state index contributed by atoms with van der Waals surface area (Å²) in [5.74, 6) is 2.38. The molecule has 1 aliphatic rings. The molecular formula is C42H52O4. The summed E-state index contributed by atoms with van der Waals surface area (Å²) < 4.78 is 0. The summed E-state index contributed by atoms with van der Waals surface area (Å²) in [6.07, 6.45) is 8.31. The molecule has 0 saturated heterocycles. The van der Waals surface area contributed by atoms with Gasteiger partial charge in [0.2, 0.25) is 0 Å². The van der Waals surface area contributed by atoms with E-state index in [4.69, 9.17) is 0 Å². The van der Waals surface area contributed by atoms with Gasteiger partial charge in [-0.25, -0.2) is 0 Å². The van der Waals surface area contributed by atoms with Gasteiger partial charge in [-0.2, -0.15) is 0 Å². The highest BCUT2D eigenvalue weighted by molar-refractivity contribution is 5.48. The largest absolute Gasteiger partial charge is 0.508 e. The van der Waals surface area contributed by atoms with Gasteiger partial charge in [0.1, 0.15) is 23.0 Å². The van der Waals surface area contributed by atoms with E-state index in [1.165, 1.54) is 22.3 Å². The Morgan fingerprint density at radius 3 is 1.33 bits per heavy atom. The molecule has 0 aromatic heterocycles.